The summed E-state index contributed by atoms with van der Waals surface area (Å²) in [5.41, 5.74) is 1.44. The van der Waals surface area contributed by atoms with Crippen LogP contribution in [0.3, 0.4) is 0 Å². The Balaban J connectivity index is 1.80. The van der Waals surface area contributed by atoms with E-state index >= 15 is 0 Å². The van der Waals surface area contributed by atoms with E-state index in [2.05, 4.69) is 5.32 Å². The fraction of sp³-hybridized carbons (Fsp3) is 0.440. The number of benzene rings is 1. The van der Waals surface area contributed by atoms with Crippen molar-refractivity contribution in [3.05, 3.63) is 47.7 Å². The molecule has 1 aliphatic rings. The number of ether oxygens (including phenoxy) is 1. The van der Waals surface area contributed by atoms with Gasteiger partial charge in [-0.25, -0.2) is 4.79 Å². The molecule has 7 nitrogen and oxygen atoms in total. The van der Waals surface area contributed by atoms with Gasteiger partial charge in [-0.2, -0.15) is 0 Å². The Hall–Kier alpha value is -3.22. The molecule has 0 radical (unpaired) electrons. The van der Waals surface area contributed by atoms with Crippen LogP contribution < -0.4 is 5.32 Å². The topological polar surface area (TPSA) is 112 Å². The molecule has 1 aromatic heterocycles. The molecule has 1 fully saturated rings. The van der Waals surface area contributed by atoms with Crippen molar-refractivity contribution in [1.82, 2.24) is 10.3 Å². The van der Waals surface area contributed by atoms with Crippen molar-refractivity contribution in [3.63, 3.8) is 0 Å². The first kappa shape index (κ1) is 23.4. The van der Waals surface area contributed by atoms with Crippen molar-refractivity contribution in [1.29, 1.82) is 5.41 Å². The van der Waals surface area contributed by atoms with Crippen LogP contribution in [0.5, 0.6) is 0 Å². The summed E-state index contributed by atoms with van der Waals surface area (Å²) in [4.78, 5) is 28.7. The van der Waals surface area contributed by atoms with E-state index < -0.39 is 23.1 Å². The van der Waals surface area contributed by atoms with Crippen molar-refractivity contribution < 1.29 is 19.4 Å². The van der Waals surface area contributed by atoms with Crippen LogP contribution in [0.15, 0.2) is 36.4 Å². The number of pyridine rings is 1. The highest BCUT2D eigenvalue weighted by atomic mass is 16.6. The third-order valence-corrected chi connectivity index (χ3v) is 5.68. The van der Waals surface area contributed by atoms with E-state index in [4.69, 9.17) is 15.1 Å². The summed E-state index contributed by atoms with van der Waals surface area (Å²) in [6, 6.07) is 9.28. The predicted octanol–water partition coefficient (Wildman–Crippen LogP) is 5.50. The highest BCUT2D eigenvalue weighted by molar-refractivity contribution is 5.87. The monoisotopic (exact) mass is 437 g/mol. The van der Waals surface area contributed by atoms with Crippen LogP contribution in [0, 0.1) is 10.8 Å². The lowest BCUT2D eigenvalue weighted by Gasteiger charge is -2.30. The fourth-order valence-corrected chi connectivity index (χ4v) is 3.76. The molecule has 1 heterocycles. The zero-order valence-electron chi connectivity index (χ0n) is 19.1. The van der Waals surface area contributed by atoms with Gasteiger partial charge in [-0.15, -0.1) is 0 Å². The van der Waals surface area contributed by atoms with Crippen LogP contribution in [-0.2, 0) is 9.53 Å². The number of carbonyl (C=O) groups is 2. The van der Waals surface area contributed by atoms with Crippen molar-refractivity contribution in [2.75, 3.05) is 0 Å². The normalized spacial score (nSPS) is 20.3. The lowest BCUT2D eigenvalue weighted by atomic mass is 9.73. The van der Waals surface area contributed by atoms with E-state index in [1.807, 2.05) is 64.1 Å². The maximum atomic E-state index is 12.1. The molecule has 1 aromatic carbocycles. The largest absolute Gasteiger partial charge is 0.481 e. The standard InChI is InChI=1S/C25H31N3O4/c1-16(27-23(31)32-24(2,3)4)20-8-7-18-6-5-17(15-21(18)28-20)9-12-25(22(29)30)13-10-19(26)11-14-25/h5-9,12,15-16,26H,10-11,13-14H2,1-4H3,(H,27,31)(H,29,30)/b12-9+,26-19?/t16-,25?/m1/s1. The van der Waals surface area contributed by atoms with E-state index in [1.54, 1.807) is 6.08 Å². The van der Waals surface area contributed by atoms with Crippen molar-refractivity contribution in [2.24, 2.45) is 5.41 Å². The lowest BCUT2D eigenvalue weighted by molar-refractivity contribution is -0.146. The fourth-order valence-electron chi connectivity index (χ4n) is 3.76. The molecule has 1 amide bonds. The Bertz CT molecular complexity index is 1060. The summed E-state index contributed by atoms with van der Waals surface area (Å²) < 4.78 is 5.31. The quantitative estimate of drug-likeness (QED) is 0.572. The number of carbonyl (C=O) groups excluding carboxylic acids is 1. The molecule has 7 heteroatoms. The highest BCUT2D eigenvalue weighted by Crippen LogP contribution is 2.37. The summed E-state index contributed by atoms with van der Waals surface area (Å²) in [6.45, 7) is 7.28. The van der Waals surface area contributed by atoms with E-state index in [-0.39, 0.29) is 6.04 Å². The van der Waals surface area contributed by atoms with Crippen molar-refractivity contribution in [3.8, 4) is 0 Å². The molecule has 3 rings (SSSR count). The van der Waals surface area contributed by atoms with Crippen molar-refractivity contribution >= 4 is 34.8 Å². The minimum atomic E-state index is -0.930. The second-order valence-electron chi connectivity index (χ2n) is 9.45. The first-order chi connectivity index (χ1) is 15.0. The summed E-state index contributed by atoms with van der Waals surface area (Å²) >= 11 is 0. The second-order valence-corrected chi connectivity index (χ2v) is 9.45. The predicted molar refractivity (Wildman–Crippen MR) is 125 cm³/mol. The zero-order valence-corrected chi connectivity index (χ0v) is 19.1. The summed E-state index contributed by atoms with van der Waals surface area (Å²) in [5.74, 6) is -0.843. The van der Waals surface area contributed by atoms with Crippen LogP contribution >= 0.6 is 0 Å². The van der Waals surface area contributed by atoms with Gasteiger partial charge in [-0.1, -0.05) is 30.4 Å². The molecular weight excluding hydrogens is 406 g/mol. The highest BCUT2D eigenvalue weighted by Gasteiger charge is 2.38. The molecule has 1 saturated carbocycles. The number of aromatic nitrogens is 1. The van der Waals surface area contributed by atoms with Gasteiger partial charge in [-0.05, 0) is 71.1 Å². The van der Waals surface area contributed by atoms with E-state index in [1.165, 1.54) is 0 Å². The molecule has 0 aliphatic heterocycles. The second kappa shape index (κ2) is 9.10. The van der Waals surface area contributed by atoms with Gasteiger partial charge < -0.3 is 20.6 Å². The average molecular weight is 438 g/mol. The molecule has 0 saturated heterocycles. The van der Waals surface area contributed by atoms with Gasteiger partial charge in [0.2, 0.25) is 0 Å². The third-order valence-electron chi connectivity index (χ3n) is 5.68. The average Bonchev–Trinajstić information content (AvgIpc) is 2.71. The molecular formula is C25H31N3O4. The van der Waals surface area contributed by atoms with E-state index in [9.17, 15) is 14.7 Å². The Morgan fingerprint density at radius 2 is 1.88 bits per heavy atom. The van der Waals surface area contributed by atoms with Crippen LogP contribution in [0.4, 0.5) is 4.79 Å². The molecule has 0 unspecified atom stereocenters. The summed E-state index contributed by atoms with van der Waals surface area (Å²) in [6.07, 6.45) is 5.02. The van der Waals surface area contributed by atoms with E-state index in [0.717, 1.165) is 16.5 Å². The Labute approximate surface area is 188 Å². The first-order valence-electron chi connectivity index (χ1n) is 10.9. The number of hydrogen-bond donors (Lipinski definition) is 3. The van der Waals surface area contributed by atoms with Crippen LogP contribution in [0.25, 0.3) is 17.0 Å². The maximum Gasteiger partial charge on any atom is 0.408 e. The number of nitrogens with one attached hydrogen (secondary N) is 2. The van der Waals surface area contributed by atoms with Gasteiger partial charge in [0.15, 0.2) is 0 Å². The molecule has 0 bridgehead atoms. The Morgan fingerprint density at radius 3 is 2.50 bits per heavy atom. The minimum absolute atomic E-state index is 0.332. The third kappa shape index (κ3) is 5.72. The Kier molecular flexibility index (Phi) is 6.67. The summed E-state index contributed by atoms with van der Waals surface area (Å²) in [5, 5.41) is 21.3. The van der Waals surface area contributed by atoms with Gasteiger partial charge in [-0.3, -0.25) is 9.78 Å². The number of aliphatic carboxylic acids is 1. The summed E-state index contributed by atoms with van der Waals surface area (Å²) in [7, 11) is 0. The minimum Gasteiger partial charge on any atom is -0.481 e. The molecule has 32 heavy (non-hydrogen) atoms. The van der Waals surface area contributed by atoms with Gasteiger partial charge in [0.05, 0.1) is 22.7 Å². The SMILES string of the molecule is C[C@@H](NC(=O)OC(C)(C)C)c1ccc2ccc(/C=C/C3(C(=O)O)CCC(=N)CC3)cc2n1. The molecule has 170 valence electrons. The van der Waals surface area contributed by atoms with Gasteiger partial charge in [0.25, 0.3) is 0 Å². The molecule has 1 aliphatic carbocycles. The molecule has 3 N–H and O–H groups in total. The number of amides is 1. The number of alkyl carbamates (subject to hydrolysis) is 1. The number of carboxylic acid groups (broad SMARTS) is 1. The van der Waals surface area contributed by atoms with Crippen LogP contribution in [0.2, 0.25) is 0 Å². The first-order valence-corrected chi connectivity index (χ1v) is 10.9. The van der Waals surface area contributed by atoms with Gasteiger partial charge in [0, 0.05) is 11.1 Å². The molecule has 0 spiro atoms. The van der Waals surface area contributed by atoms with Gasteiger partial charge in [0.1, 0.15) is 5.60 Å². The number of nitrogens with zero attached hydrogens (tertiary/aromatic N) is 1. The van der Waals surface area contributed by atoms with E-state index in [0.29, 0.717) is 37.1 Å². The molecule has 2 aromatic rings. The Morgan fingerprint density at radius 1 is 1.22 bits per heavy atom. The number of fused-ring (bicyclic) bond motifs is 1. The number of hydrogen-bond acceptors (Lipinski definition) is 5. The number of rotatable bonds is 5. The lowest BCUT2D eigenvalue weighted by Crippen LogP contribution is -2.34. The zero-order chi connectivity index (χ0) is 23.5. The van der Waals surface area contributed by atoms with Gasteiger partial charge >= 0.3 is 12.1 Å². The maximum absolute atomic E-state index is 12.1. The molecule has 1 atom stereocenters. The smallest absolute Gasteiger partial charge is 0.408 e. The van der Waals surface area contributed by atoms with Crippen molar-refractivity contribution in [2.45, 2.75) is 65.0 Å². The number of carboxylic acids is 1. The van der Waals surface area contributed by atoms with Crippen LogP contribution in [0.1, 0.15) is 70.7 Å². The van der Waals surface area contributed by atoms with Crippen LogP contribution in [-0.4, -0.2) is 33.5 Å².